The van der Waals surface area contributed by atoms with Gasteiger partial charge in [0.05, 0.1) is 12.0 Å². The smallest absolute Gasteiger partial charge is 0.264 e. The van der Waals surface area contributed by atoms with Crippen molar-refractivity contribution in [1.29, 1.82) is 0 Å². The standard InChI is InChI=1S/C19H21BrN8OS/c1-27(2)16-8-6-13(7-9-16)11-22-24-18-25-26-19(28(18)21)30-12-17(29)23-15-5-3-4-14(20)10-15/h3-11H,12,21H2,1-2H3,(H,23,29)(H,24,25)/b22-11+. The van der Waals surface area contributed by atoms with Gasteiger partial charge in [-0.05, 0) is 35.9 Å². The Kier molecular flexibility index (Phi) is 7.31. The fourth-order valence-electron chi connectivity index (χ4n) is 2.37. The summed E-state index contributed by atoms with van der Waals surface area (Å²) in [4.78, 5) is 14.1. The summed E-state index contributed by atoms with van der Waals surface area (Å²) in [5.41, 5.74) is 5.50. The Morgan fingerprint density at radius 3 is 2.73 bits per heavy atom. The minimum absolute atomic E-state index is 0.142. The molecule has 3 aromatic rings. The number of halogens is 1. The van der Waals surface area contributed by atoms with Gasteiger partial charge in [-0.2, -0.15) is 5.10 Å². The lowest BCUT2D eigenvalue weighted by molar-refractivity contribution is -0.113. The van der Waals surface area contributed by atoms with Gasteiger partial charge in [-0.1, -0.05) is 45.9 Å². The molecule has 0 atom stereocenters. The number of amides is 1. The SMILES string of the molecule is CN(C)c1ccc(/C=N/Nc2nnc(SCC(=O)Nc3cccc(Br)c3)n2N)cc1. The fraction of sp³-hybridized carbons (Fsp3) is 0.158. The minimum atomic E-state index is -0.171. The molecule has 0 spiro atoms. The largest absolute Gasteiger partial charge is 0.378 e. The normalized spacial score (nSPS) is 10.9. The van der Waals surface area contributed by atoms with Crippen molar-refractivity contribution in [3.63, 3.8) is 0 Å². The molecule has 0 saturated carbocycles. The first-order chi connectivity index (χ1) is 14.4. The van der Waals surface area contributed by atoms with E-state index in [1.165, 1.54) is 16.4 Å². The second-order valence-electron chi connectivity index (χ2n) is 6.38. The number of hydrogen-bond donors (Lipinski definition) is 3. The quantitative estimate of drug-likeness (QED) is 0.193. The number of anilines is 3. The third kappa shape index (κ3) is 5.97. The first kappa shape index (κ1) is 21.7. The van der Waals surface area contributed by atoms with Gasteiger partial charge >= 0.3 is 0 Å². The highest BCUT2D eigenvalue weighted by molar-refractivity contribution is 9.10. The highest BCUT2D eigenvalue weighted by Crippen LogP contribution is 2.19. The van der Waals surface area contributed by atoms with Crippen LogP contribution < -0.4 is 21.5 Å². The Balaban J connectivity index is 1.52. The van der Waals surface area contributed by atoms with Crippen LogP contribution in [-0.2, 0) is 4.79 Å². The van der Waals surface area contributed by atoms with Crippen molar-refractivity contribution in [2.75, 3.05) is 41.3 Å². The molecule has 156 valence electrons. The molecule has 0 bridgehead atoms. The van der Waals surface area contributed by atoms with Gasteiger partial charge in [0.15, 0.2) is 0 Å². The molecule has 0 aliphatic carbocycles. The average molecular weight is 489 g/mol. The van der Waals surface area contributed by atoms with E-state index in [4.69, 9.17) is 5.84 Å². The highest BCUT2D eigenvalue weighted by Gasteiger charge is 2.12. The van der Waals surface area contributed by atoms with Crippen LogP contribution in [0.3, 0.4) is 0 Å². The molecule has 4 N–H and O–H groups in total. The number of thioether (sulfide) groups is 1. The highest BCUT2D eigenvalue weighted by atomic mass is 79.9. The van der Waals surface area contributed by atoms with Crippen LogP contribution in [0.15, 0.2) is 63.3 Å². The van der Waals surface area contributed by atoms with Crippen molar-refractivity contribution in [3.8, 4) is 0 Å². The Hall–Kier alpha value is -3.05. The van der Waals surface area contributed by atoms with E-state index in [2.05, 4.69) is 42.0 Å². The number of aromatic nitrogens is 3. The van der Waals surface area contributed by atoms with E-state index in [9.17, 15) is 4.79 Å². The summed E-state index contributed by atoms with van der Waals surface area (Å²) in [6.45, 7) is 0. The third-order valence-electron chi connectivity index (χ3n) is 3.89. The van der Waals surface area contributed by atoms with Gasteiger partial charge in [-0.15, -0.1) is 10.2 Å². The van der Waals surface area contributed by atoms with E-state index in [-0.39, 0.29) is 17.6 Å². The summed E-state index contributed by atoms with van der Waals surface area (Å²) in [6.07, 6.45) is 1.66. The summed E-state index contributed by atoms with van der Waals surface area (Å²) >= 11 is 4.55. The maximum absolute atomic E-state index is 12.1. The molecule has 0 radical (unpaired) electrons. The Morgan fingerprint density at radius 2 is 2.03 bits per heavy atom. The van der Waals surface area contributed by atoms with E-state index in [1.807, 2.05) is 67.5 Å². The number of nitrogens with zero attached hydrogens (tertiary/aromatic N) is 5. The first-order valence-corrected chi connectivity index (χ1v) is 10.7. The number of nitrogens with two attached hydrogens (primary N) is 1. The monoisotopic (exact) mass is 488 g/mol. The molecule has 2 aromatic carbocycles. The number of benzene rings is 2. The number of carbonyl (C=O) groups is 1. The van der Waals surface area contributed by atoms with E-state index < -0.39 is 0 Å². The van der Waals surface area contributed by atoms with Crippen LogP contribution in [0, 0.1) is 0 Å². The Labute approximate surface area is 186 Å². The van der Waals surface area contributed by atoms with Gasteiger partial charge in [-0.25, -0.2) is 10.1 Å². The molecule has 1 amide bonds. The van der Waals surface area contributed by atoms with Crippen LogP contribution in [0.5, 0.6) is 0 Å². The number of nitrogen functional groups attached to an aromatic ring is 1. The van der Waals surface area contributed by atoms with Crippen LogP contribution in [-0.4, -0.2) is 46.8 Å². The molecule has 9 nitrogen and oxygen atoms in total. The van der Waals surface area contributed by atoms with E-state index in [0.29, 0.717) is 10.8 Å². The number of carbonyl (C=O) groups excluding carboxylic acids is 1. The van der Waals surface area contributed by atoms with Gasteiger partial charge in [0.2, 0.25) is 11.1 Å². The van der Waals surface area contributed by atoms with Crippen molar-refractivity contribution in [1.82, 2.24) is 14.9 Å². The molecule has 1 heterocycles. The summed E-state index contributed by atoms with van der Waals surface area (Å²) in [6, 6.07) is 15.3. The van der Waals surface area contributed by atoms with Gasteiger partial charge in [0.25, 0.3) is 5.95 Å². The van der Waals surface area contributed by atoms with Crippen LogP contribution in [0.4, 0.5) is 17.3 Å². The van der Waals surface area contributed by atoms with Crippen molar-refractivity contribution < 1.29 is 4.79 Å². The van der Waals surface area contributed by atoms with E-state index in [0.717, 1.165) is 15.7 Å². The molecule has 3 rings (SSSR count). The lowest BCUT2D eigenvalue weighted by Gasteiger charge is -2.11. The van der Waals surface area contributed by atoms with Crippen molar-refractivity contribution in [2.45, 2.75) is 5.16 Å². The van der Waals surface area contributed by atoms with Crippen LogP contribution in [0.2, 0.25) is 0 Å². The zero-order valence-corrected chi connectivity index (χ0v) is 18.8. The van der Waals surface area contributed by atoms with Gasteiger partial charge in [0.1, 0.15) is 0 Å². The molecule has 0 fully saturated rings. The van der Waals surface area contributed by atoms with Gasteiger partial charge < -0.3 is 16.1 Å². The molecule has 30 heavy (non-hydrogen) atoms. The van der Waals surface area contributed by atoms with Crippen LogP contribution >= 0.6 is 27.7 Å². The second kappa shape index (κ2) is 10.1. The minimum Gasteiger partial charge on any atom is -0.378 e. The maximum atomic E-state index is 12.1. The third-order valence-corrected chi connectivity index (χ3v) is 5.33. The fourth-order valence-corrected chi connectivity index (χ4v) is 3.42. The van der Waals surface area contributed by atoms with E-state index >= 15 is 0 Å². The second-order valence-corrected chi connectivity index (χ2v) is 8.24. The lowest BCUT2D eigenvalue weighted by atomic mass is 10.2. The molecule has 0 aliphatic heterocycles. The number of rotatable bonds is 8. The zero-order chi connectivity index (χ0) is 21.5. The molecule has 0 saturated heterocycles. The van der Waals surface area contributed by atoms with Gasteiger partial charge in [0, 0.05) is 29.9 Å². The van der Waals surface area contributed by atoms with Crippen LogP contribution in [0.25, 0.3) is 0 Å². The molecule has 0 unspecified atom stereocenters. The predicted molar refractivity (Wildman–Crippen MR) is 126 cm³/mol. The number of hydrazone groups is 1. The molecular formula is C19H21BrN8OS. The summed E-state index contributed by atoms with van der Waals surface area (Å²) < 4.78 is 2.14. The summed E-state index contributed by atoms with van der Waals surface area (Å²) in [5, 5.41) is 15.3. The molecule has 0 aliphatic rings. The van der Waals surface area contributed by atoms with E-state index in [1.54, 1.807) is 6.21 Å². The van der Waals surface area contributed by atoms with Crippen molar-refractivity contribution in [3.05, 3.63) is 58.6 Å². The van der Waals surface area contributed by atoms with Crippen molar-refractivity contribution >= 4 is 57.1 Å². The summed E-state index contributed by atoms with van der Waals surface area (Å²) in [7, 11) is 3.97. The Morgan fingerprint density at radius 1 is 1.27 bits per heavy atom. The zero-order valence-electron chi connectivity index (χ0n) is 16.4. The van der Waals surface area contributed by atoms with Crippen LogP contribution in [0.1, 0.15) is 5.56 Å². The molecule has 11 heteroatoms. The average Bonchev–Trinajstić information content (AvgIpc) is 3.06. The first-order valence-electron chi connectivity index (χ1n) is 8.87. The Bertz CT molecular complexity index is 1040. The van der Waals surface area contributed by atoms with Crippen molar-refractivity contribution in [2.24, 2.45) is 5.10 Å². The van der Waals surface area contributed by atoms with Gasteiger partial charge in [-0.3, -0.25) is 4.79 Å². The summed E-state index contributed by atoms with van der Waals surface area (Å²) in [5.74, 6) is 6.23. The maximum Gasteiger partial charge on any atom is 0.264 e. The number of nitrogens with one attached hydrogen (secondary N) is 2. The lowest BCUT2D eigenvalue weighted by Crippen LogP contribution is -2.16. The molecule has 1 aromatic heterocycles. The number of hydrogen-bond acceptors (Lipinski definition) is 8. The molecular weight excluding hydrogens is 468 g/mol. The topological polar surface area (TPSA) is 113 Å². The predicted octanol–water partition coefficient (Wildman–Crippen LogP) is 3.00.